The third-order valence-electron chi connectivity index (χ3n) is 4.23. The molecule has 0 atom stereocenters. The molecule has 0 unspecified atom stereocenters. The minimum Gasteiger partial charge on any atom is -0.348 e. The number of nitrogens with one attached hydrogen (secondary N) is 1. The van der Waals surface area contributed by atoms with Crippen molar-refractivity contribution in [1.82, 2.24) is 14.1 Å². The van der Waals surface area contributed by atoms with Gasteiger partial charge >= 0.3 is 0 Å². The summed E-state index contributed by atoms with van der Waals surface area (Å²) in [5, 5.41) is 2.87. The smallest absolute Gasteiger partial charge is 0.243 e. The number of nitrogens with zero attached hydrogens (tertiary/aromatic N) is 3. The number of anilines is 1. The fraction of sp³-hybridized carbons (Fsp3) is 0.529. The predicted octanol–water partition coefficient (Wildman–Crippen LogP) is 1.08. The highest BCUT2D eigenvalue weighted by molar-refractivity contribution is 7.89. The second-order valence-electron chi connectivity index (χ2n) is 6.76. The third-order valence-corrected chi connectivity index (χ3v) is 6.46. The first-order valence-electron chi connectivity index (χ1n) is 8.59. The minimum atomic E-state index is -3.60. The lowest BCUT2D eigenvalue weighted by molar-refractivity contribution is -0.130. The highest BCUT2D eigenvalue weighted by atomic mass is 35.5. The molecule has 0 bridgehead atoms. The second-order valence-corrected chi connectivity index (χ2v) is 9.11. The van der Waals surface area contributed by atoms with Gasteiger partial charge in [0.25, 0.3) is 0 Å². The SMILES string of the molecule is CN(CC(=O)Nc1cc(S(=O)(=O)N2CCCC2)ccc1Cl)CC(=O)N(C)C. The number of benzene rings is 1. The van der Waals surface area contributed by atoms with Crippen LogP contribution < -0.4 is 5.32 Å². The molecule has 150 valence electrons. The van der Waals surface area contributed by atoms with Gasteiger partial charge in [0, 0.05) is 27.2 Å². The molecule has 0 aromatic heterocycles. The number of carbonyl (C=O) groups is 2. The van der Waals surface area contributed by atoms with E-state index in [0.29, 0.717) is 13.1 Å². The number of amides is 2. The molecule has 0 aliphatic carbocycles. The standard InChI is InChI=1S/C17H25ClN4O4S/c1-20(2)17(24)12-21(3)11-16(23)19-15-10-13(6-7-14(15)18)27(25,26)22-8-4-5-9-22/h6-7,10H,4-5,8-9,11-12H2,1-3H3,(H,19,23). The lowest BCUT2D eigenvalue weighted by Crippen LogP contribution is -2.38. The third kappa shape index (κ3) is 5.65. The van der Waals surface area contributed by atoms with Crippen LogP contribution in [0.15, 0.2) is 23.1 Å². The molecule has 1 aromatic carbocycles. The normalized spacial score (nSPS) is 15.1. The van der Waals surface area contributed by atoms with Gasteiger partial charge in [-0.2, -0.15) is 4.31 Å². The highest BCUT2D eigenvalue weighted by Gasteiger charge is 2.27. The number of halogens is 1. The van der Waals surface area contributed by atoms with Gasteiger partial charge in [0.1, 0.15) is 0 Å². The van der Waals surface area contributed by atoms with Crippen LogP contribution in [0.3, 0.4) is 0 Å². The molecule has 27 heavy (non-hydrogen) atoms. The molecule has 0 spiro atoms. The first-order chi connectivity index (χ1) is 12.6. The Bertz CT molecular complexity index is 807. The number of rotatable bonds is 7. The molecule has 10 heteroatoms. The molecule has 1 aliphatic rings. The molecule has 0 saturated carbocycles. The second kappa shape index (κ2) is 9.01. The molecule has 2 amide bonds. The summed E-state index contributed by atoms with van der Waals surface area (Å²) < 4.78 is 26.8. The van der Waals surface area contributed by atoms with Crippen molar-refractivity contribution in [3.05, 3.63) is 23.2 Å². The minimum absolute atomic E-state index is 0.0288. The van der Waals surface area contributed by atoms with E-state index < -0.39 is 10.0 Å². The van der Waals surface area contributed by atoms with Crippen LogP contribution in [0, 0.1) is 0 Å². The Morgan fingerprint density at radius 3 is 2.37 bits per heavy atom. The zero-order valence-corrected chi connectivity index (χ0v) is 17.3. The van der Waals surface area contributed by atoms with Gasteiger partial charge in [-0.25, -0.2) is 8.42 Å². The van der Waals surface area contributed by atoms with E-state index in [1.54, 1.807) is 26.0 Å². The molecule has 0 radical (unpaired) electrons. The monoisotopic (exact) mass is 416 g/mol. The molecule has 1 heterocycles. The Kier molecular flexibility index (Phi) is 7.21. The van der Waals surface area contributed by atoms with Gasteiger partial charge in [-0.3, -0.25) is 14.5 Å². The number of hydrogen-bond acceptors (Lipinski definition) is 5. The molecule has 1 fully saturated rings. The summed E-state index contributed by atoms with van der Waals surface area (Å²) in [5.41, 5.74) is 0.231. The van der Waals surface area contributed by atoms with Crippen molar-refractivity contribution in [1.29, 1.82) is 0 Å². The first kappa shape index (κ1) is 21.6. The van der Waals surface area contributed by atoms with Crippen molar-refractivity contribution in [2.75, 3.05) is 52.6 Å². The summed E-state index contributed by atoms with van der Waals surface area (Å²) in [4.78, 5) is 27.0. The Labute approximate surface area is 165 Å². The van der Waals surface area contributed by atoms with Crippen molar-refractivity contribution in [2.45, 2.75) is 17.7 Å². The average Bonchev–Trinajstić information content (AvgIpc) is 3.11. The van der Waals surface area contributed by atoms with Gasteiger partial charge < -0.3 is 10.2 Å². The van der Waals surface area contributed by atoms with Gasteiger partial charge in [0.15, 0.2) is 0 Å². The molecule has 1 N–H and O–H groups in total. The van der Waals surface area contributed by atoms with Gasteiger partial charge in [0.2, 0.25) is 21.8 Å². The summed E-state index contributed by atoms with van der Waals surface area (Å²) in [6.45, 7) is 1.06. The van der Waals surface area contributed by atoms with Crippen LogP contribution in [0.25, 0.3) is 0 Å². The van der Waals surface area contributed by atoms with Crippen LogP contribution in [0.2, 0.25) is 5.02 Å². The zero-order chi connectivity index (χ0) is 20.2. The maximum absolute atomic E-state index is 12.7. The first-order valence-corrected chi connectivity index (χ1v) is 10.4. The van der Waals surface area contributed by atoms with Crippen molar-refractivity contribution in [3.8, 4) is 0 Å². The Hall–Kier alpha value is -1.68. The van der Waals surface area contributed by atoms with Gasteiger partial charge in [-0.1, -0.05) is 11.6 Å². The van der Waals surface area contributed by atoms with Crippen molar-refractivity contribution in [2.24, 2.45) is 0 Å². The van der Waals surface area contributed by atoms with E-state index in [1.165, 1.54) is 27.4 Å². The average molecular weight is 417 g/mol. The number of likely N-dealkylation sites (N-methyl/N-ethyl adjacent to an activating group) is 2. The molecule has 1 aromatic rings. The molecule has 1 aliphatic heterocycles. The van der Waals surface area contributed by atoms with Crippen molar-refractivity contribution >= 4 is 39.1 Å². The van der Waals surface area contributed by atoms with Gasteiger partial charge in [-0.15, -0.1) is 0 Å². The zero-order valence-electron chi connectivity index (χ0n) is 15.7. The van der Waals surface area contributed by atoms with E-state index in [2.05, 4.69) is 5.32 Å². The quantitative estimate of drug-likeness (QED) is 0.718. The maximum Gasteiger partial charge on any atom is 0.243 e. The molecule has 8 nitrogen and oxygen atoms in total. The topological polar surface area (TPSA) is 90.0 Å². The fourth-order valence-corrected chi connectivity index (χ4v) is 4.41. The van der Waals surface area contributed by atoms with E-state index in [-0.39, 0.29) is 40.5 Å². The summed E-state index contributed by atoms with van der Waals surface area (Å²) in [6, 6.07) is 4.27. The van der Waals surface area contributed by atoms with E-state index in [0.717, 1.165) is 12.8 Å². The molecule has 2 rings (SSSR count). The van der Waals surface area contributed by atoms with Crippen LogP contribution in [-0.4, -0.2) is 81.7 Å². The maximum atomic E-state index is 12.7. The van der Waals surface area contributed by atoms with Crippen LogP contribution in [0.4, 0.5) is 5.69 Å². The van der Waals surface area contributed by atoms with Crippen LogP contribution in [-0.2, 0) is 19.6 Å². The number of sulfonamides is 1. The van der Waals surface area contributed by atoms with Crippen molar-refractivity contribution < 1.29 is 18.0 Å². The van der Waals surface area contributed by atoms with Crippen LogP contribution >= 0.6 is 11.6 Å². The number of carbonyl (C=O) groups excluding carboxylic acids is 2. The van der Waals surface area contributed by atoms with Crippen LogP contribution in [0.1, 0.15) is 12.8 Å². The van der Waals surface area contributed by atoms with E-state index in [1.807, 2.05) is 0 Å². The van der Waals surface area contributed by atoms with E-state index >= 15 is 0 Å². The van der Waals surface area contributed by atoms with E-state index in [9.17, 15) is 18.0 Å². The number of hydrogen-bond donors (Lipinski definition) is 1. The summed E-state index contributed by atoms with van der Waals surface area (Å²) in [5.74, 6) is -0.510. The molecule has 1 saturated heterocycles. The Morgan fingerprint density at radius 2 is 1.78 bits per heavy atom. The lowest BCUT2D eigenvalue weighted by atomic mass is 10.3. The summed E-state index contributed by atoms with van der Waals surface area (Å²) in [6.07, 6.45) is 1.68. The fourth-order valence-electron chi connectivity index (χ4n) is 2.70. The highest BCUT2D eigenvalue weighted by Crippen LogP contribution is 2.28. The Balaban J connectivity index is 2.08. The largest absolute Gasteiger partial charge is 0.348 e. The summed E-state index contributed by atoms with van der Waals surface area (Å²) >= 11 is 6.11. The van der Waals surface area contributed by atoms with Crippen molar-refractivity contribution in [3.63, 3.8) is 0 Å². The lowest BCUT2D eigenvalue weighted by Gasteiger charge is -2.19. The van der Waals surface area contributed by atoms with Gasteiger partial charge in [-0.05, 0) is 38.1 Å². The molecular weight excluding hydrogens is 392 g/mol. The van der Waals surface area contributed by atoms with Crippen LogP contribution in [0.5, 0.6) is 0 Å². The predicted molar refractivity (Wildman–Crippen MR) is 104 cm³/mol. The molecular formula is C17H25ClN4O4S. The van der Waals surface area contributed by atoms with Gasteiger partial charge in [0.05, 0.1) is 28.7 Å². The Morgan fingerprint density at radius 1 is 1.15 bits per heavy atom. The summed E-state index contributed by atoms with van der Waals surface area (Å²) in [7, 11) is 1.33. The van der Waals surface area contributed by atoms with E-state index in [4.69, 9.17) is 11.6 Å².